The minimum atomic E-state index is -3.81. The maximum Gasteiger partial charge on any atom is 0.271 e. The fraction of sp³-hybridized carbons (Fsp3) is 0.0417. The Morgan fingerprint density at radius 3 is 2.48 bits per heavy atom. The molecule has 7 nitrogen and oxygen atoms in total. The maximum atomic E-state index is 13.2. The third kappa shape index (κ3) is 3.92. The molecular weight excluding hydrogens is 460 g/mol. The average molecular weight is 479 g/mol. The Morgan fingerprint density at radius 1 is 0.909 bits per heavy atom. The number of rotatable bonds is 6. The number of nitrogens with one attached hydrogen (secondary N) is 2. The predicted octanol–water partition coefficient (Wildman–Crippen LogP) is 5.71. The van der Waals surface area contributed by atoms with Crippen molar-refractivity contribution in [2.24, 2.45) is 0 Å². The van der Waals surface area contributed by atoms with Crippen molar-refractivity contribution in [1.29, 1.82) is 0 Å². The maximum absolute atomic E-state index is 13.2. The summed E-state index contributed by atoms with van der Waals surface area (Å²) in [6.45, 7) is 0. The highest BCUT2D eigenvalue weighted by Gasteiger charge is 2.21. The van der Waals surface area contributed by atoms with Crippen molar-refractivity contribution in [2.75, 3.05) is 17.1 Å². The first kappa shape index (κ1) is 21.0. The molecule has 2 N–H and O–H groups in total. The normalized spacial score (nSPS) is 11.5. The van der Waals surface area contributed by atoms with Crippen LogP contribution in [0.3, 0.4) is 0 Å². The van der Waals surface area contributed by atoms with Crippen LogP contribution in [0, 0.1) is 0 Å². The zero-order valence-corrected chi connectivity index (χ0v) is 19.0. The van der Waals surface area contributed by atoms with E-state index in [1.807, 2.05) is 30.3 Å². The number of carbonyl (C=O) groups excluding carboxylic acids is 1. The lowest BCUT2D eigenvalue weighted by atomic mass is 10.1. The lowest BCUT2D eigenvalue weighted by molar-refractivity contribution is 0.102. The number of hydrogen-bond acceptors (Lipinski definition) is 6. The summed E-state index contributed by atoms with van der Waals surface area (Å²) >= 11 is 1.10. The van der Waals surface area contributed by atoms with E-state index in [0.29, 0.717) is 17.0 Å². The molecule has 9 heteroatoms. The van der Waals surface area contributed by atoms with E-state index in [4.69, 9.17) is 9.15 Å². The van der Waals surface area contributed by atoms with E-state index < -0.39 is 15.9 Å². The van der Waals surface area contributed by atoms with E-state index in [1.54, 1.807) is 41.8 Å². The molecule has 0 aliphatic carbocycles. The molecule has 2 aromatic heterocycles. The Morgan fingerprint density at radius 2 is 1.70 bits per heavy atom. The Hall–Kier alpha value is -3.82. The number of methoxy groups -OCH3 is 1. The van der Waals surface area contributed by atoms with Gasteiger partial charge in [-0.1, -0.05) is 36.4 Å². The smallest absolute Gasteiger partial charge is 0.271 e. The Balaban J connectivity index is 1.50. The number of benzene rings is 3. The van der Waals surface area contributed by atoms with Crippen molar-refractivity contribution in [1.82, 2.24) is 0 Å². The first-order chi connectivity index (χ1) is 16.0. The molecule has 33 heavy (non-hydrogen) atoms. The number of ether oxygens (including phenoxy) is 1. The number of para-hydroxylation sites is 2. The summed E-state index contributed by atoms with van der Waals surface area (Å²) in [5.41, 5.74) is 2.08. The van der Waals surface area contributed by atoms with Gasteiger partial charge in [-0.3, -0.25) is 9.52 Å². The largest absolute Gasteiger partial charge is 0.495 e. The Bertz CT molecular complexity index is 1590. The number of sulfonamides is 1. The van der Waals surface area contributed by atoms with Gasteiger partial charge < -0.3 is 14.5 Å². The second-order valence-electron chi connectivity index (χ2n) is 7.18. The van der Waals surface area contributed by atoms with Crippen molar-refractivity contribution in [3.05, 3.63) is 83.7 Å². The summed E-state index contributed by atoms with van der Waals surface area (Å²) in [4.78, 5) is 13.2. The van der Waals surface area contributed by atoms with Crippen LogP contribution in [-0.2, 0) is 10.0 Å². The molecule has 3 aromatic carbocycles. The molecule has 1 amide bonds. The summed E-state index contributed by atoms with van der Waals surface area (Å²) in [7, 11) is -2.29. The lowest BCUT2D eigenvalue weighted by Gasteiger charge is -2.14. The summed E-state index contributed by atoms with van der Waals surface area (Å²) < 4.78 is 39.4. The molecule has 0 saturated heterocycles. The molecule has 5 rings (SSSR count). The van der Waals surface area contributed by atoms with Crippen LogP contribution in [0.15, 0.2) is 86.8 Å². The van der Waals surface area contributed by atoms with Crippen LogP contribution in [0.1, 0.15) is 10.4 Å². The van der Waals surface area contributed by atoms with E-state index in [0.717, 1.165) is 27.7 Å². The molecule has 0 atom stereocenters. The summed E-state index contributed by atoms with van der Waals surface area (Å²) in [6, 6.07) is 20.7. The first-order valence-electron chi connectivity index (χ1n) is 9.92. The number of carbonyl (C=O) groups is 1. The van der Waals surface area contributed by atoms with Crippen LogP contribution in [0.5, 0.6) is 5.75 Å². The van der Waals surface area contributed by atoms with Crippen LogP contribution >= 0.6 is 11.3 Å². The molecule has 0 radical (unpaired) electrons. The van der Waals surface area contributed by atoms with E-state index in [2.05, 4.69) is 10.0 Å². The zero-order valence-electron chi connectivity index (χ0n) is 17.4. The van der Waals surface area contributed by atoms with Crippen molar-refractivity contribution >= 4 is 60.6 Å². The van der Waals surface area contributed by atoms with E-state index in [9.17, 15) is 13.2 Å². The number of amides is 1. The van der Waals surface area contributed by atoms with Crippen molar-refractivity contribution in [2.45, 2.75) is 4.21 Å². The fourth-order valence-electron chi connectivity index (χ4n) is 3.59. The van der Waals surface area contributed by atoms with E-state index in [-0.39, 0.29) is 15.5 Å². The van der Waals surface area contributed by atoms with Gasteiger partial charge >= 0.3 is 0 Å². The zero-order chi connectivity index (χ0) is 23.0. The third-order valence-electron chi connectivity index (χ3n) is 5.12. The topological polar surface area (TPSA) is 97.6 Å². The van der Waals surface area contributed by atoms with Crippen LogP contribution in [0.25, 0.3) is 21.9 Å². The minimum absolute atomic E-state index is 0.162. The minimum Gasteiger partial charge on any atom is -0.495 e. The van der Waals surface area contributed by atoms with Gasteiger partial charge in [0.15, 0.2) is 0 Å². The molecule has 0 bridgehead atoms. The van der Waals surface area contributed by atoms with Gasteiger partial charge in [-0.25, -0.2) is 8.42 Å². The standard InChI is InChI=1S/C24H18N2O5S2/c1-30-22-13-17-15-7-3-5-10-20(15)31-21(17)14-19(22)25-24(27)16-8-2-4-9-18(16)26-33(28,29)23-11-6-12-32-23/h2-14,26H,1H3,(H,25,27). The van der Waals surface area contributed by atoms with Crippen LogP contribution in [0.4, 0.5) is 11.4 Å². The molecule has 5 aromatic rings. The number of furan rings is 1. The fourth-order valence-corrected chi connectivity index (χ4v) is 5.66. The molecule has 0 aliphatic heterocycles. The van der Waals surface area contributed by atoms with Crippen LogP contribution in [-0.4, -0.2) is 21.4 Å². The quantitative estimate of drug-likeness (QED) is 0.326. The highest BCUT2D eigenvalue weighted by atomic mass is 32.2. The van der Waals surface area contributed by atoms with Gasteiger partial charge in [-0.15, -0.1) is 11.3 Å². The van der Waals surface area contributed by atoms with E-state index in [1.165, 1.54) is 13.2 Å². The average Bonchev–Trinajstić information content (AvgIpc) is 3.47. The number of thiophene rings is 1. The highest BCUT2D eigenvalue weighted by Crippen LogP contribution is 2.36. The Kier molecular flexibility index (Phi) is 5.27. The molecular formula is C24H18N2O5S2. The van der Waals surface area contributed by atoms with Gasteiger partial charge in [0, 0.05) is 16.8 Å². The van der Waals surface area contributed by atoms with Gasteiger partial charge in [-0.05, 0) is 35.7 Å². The first-order valence-corrected chi connectivity index (χ1v) is 12.3. The number of anilines is 2. The second kappa shape index (κ2) is 8.27. The predicted molar refractivity (Wildman–Crippen MR) is 130 cm³/mol. The van der Waals surface area contributed by atoms with Gasteiger partial charge in [-0.2, -0.15) is 0 Å². The number of hydrogen-bond donors (Lipinski definition) is 2. The summed E-state index contributed by atoms with van der Waals surface area (Å²) in [5.74, 6) is -0.0349. The highest BCUT2D eigenvalue weighted by molar-refractivity contribution is 7.94. The Labute approximate surface area is 193 Å². The van der Waals surface area contributed by atoms with Crippen LogP contribution in [0.2, 0.25) is 0 Å². The monoisotopic (exact) mass is 478 g/mol. The third-order valence-corrected chi connectivity index (χ3v) is 7.89. The summed E-state index contributed by atoms with van der Waals surface area (Å²) in [6.07, 6.45) is 0. The van der Waals surface area contributed by atoms with Gasteiger partial charge in [0.25, 0.3) is 15.9 Å². The molecule has 0 aliphatic rings. The SMILES string of the molecule is COc1cc2c(cc1NC(=O)c1ccccc1NS(=O)(=O)c1cccs1)oc1ccccc12. The molecule has 0 saturated carbocycles. The number of fused-ring (bicyclic) bond motifs is 3. The summed E-state index contributed by atoms with van der Waals surface area (Å²) in [5, 5.41) is 6.30. The second-order valence-corrected chi connectivity index (χ2v) is 10.0. The molecule has 0 unspecified atom stereocenters. The lowest BCUT2D eigenvalue weighted by Crippen LogP contribution is -2.18. The van der Waals surface area contributed by atoms with Crippen molar-refractivity contribution < 1.29 is 22.4 Å². The van der Waals surface area contributed by atoms with Crippen molar-refractivity contribution in [3.63, 3.8) is 0 Å². The van der Waals surface area contributed by atoms with Crippen LogP contribution < -0.4 is 14.8 Å². The molecule has 166 valence electrons. The molecule has 0 fully saturated rings. The van der Waals surface area contributed by atoms with E-state index >= 15 is 0 Å². The van der Waals surface area contributed by atoms with Gasteiger partial charge in [0.05, 0.1) is 24.0 Å². The van der Waals surface area contributed by atoms with Crippen molar-refractivity contribution in [3.8, 4) is 5.75 Å². The molecule has 2 heterocycles. The molecule has 0 spiro atoms. The van der Waals surface area contributed by atoms with Gasteiger partial charge in [0.2, 0.25) is 0 Å². The van der Waals surface area contributed by atoms with Gasteiger partial charge in [0.1, 0.15) is 21.1 Å².